The van der Waals surface area contributed by atoms with Gasteiger partial charge in [0.2, 0.25) is 15.9 Å². The van der Waals surface area contributed by atoms with Crippen molar-refractivity contribution in [3.8, 4) is 0 Å². The summed E-state index contributed by atoms with van der Waals surface area (Å²) in [7, 11) is -2.43. The molecule has 1 aliphatic rings. The summed E-state index contributed by atoms with van der Waals surface area (Å²) >= 11 is 5.79. The van der Waals surface area contributed by atoms with Crippen LogP contribution < -0.4 is 0 Å². The van der Waals surface area contributed by atoms with E-state index in [2.05, 4.69) is 0 Å². The third-order valence-electron chi connectivity index (χ3n) is 4.16. The Morgan fingerprint density at radius 2 is 1.57 bits per heavy atom. The van der Waals surface area contributed by atoms with E-state index in [1.807, 2.05) is 0 Å². The second-order valence-electron chi connectivity index (χ2n) is 7.56. The van der Waals surface area contributed by atoms with Crippen LogP contribution in [0.3, 0.4) is 0 Å². The van der Waals surface area contributed by atoms with Crippen molar-refractivity contribution in [2.45, 2.75) is 31.3 Å². The summed E-state index contributed by atoms with van der Waals surface area (Å²) in [5.74, 6) is -0.316. The van der Waals surface area contributed by atoms with Crippen LogP contribution in [0.25, 0.3) is 0 Å². The fourth-order valence-corrected chi connectivity index (χ4v) is 3.87. The lowest BCUT2D eigenvalue weighted by Crippen LogP contribution is -2.53. The Morgan fingerprint density at radius 1 is 1.07 bits per heavy atom. The molecule has 0 radical (unpaired) electrons. The standard InChI is InChI=1S/C18H26ClN3O5S/c1-18(2,3)27-17(24)22-11-9-21(10-12-22)16(23)13-20(4)28(25,26)15-7-5-14(19)6-8-15/h5-8H,9-13H2,1-4H3. The third-order valence-corrected chi connectivity index (χ3v) is 6.23. The van der Waals surface area contributed by atoms with Crippen LogP contribution in [-0.4, -0.2) is 79.9 Å². The summed E-state index contributed by atoms with van der Waals surface area (Å²) in [5.41, 5.74) is -0.581. The minimum absolute atomic E-state index is 0.0712. The summed E-state index contributed by atoms with van der Waals surface area (Å²) < 4.78 is 31.5. The van der Waals surface area contributed by atoms with Crippen LogP contribution in [0, 0.1) is 0 Å². The average Bonchev–Trinajstić information content (AvgIpc) is 2.60. The summed E-state index contributed by atoms with van der Waals surface area (Å²) in [6.45, 7) is 6.44. The molecule has 0 saturated carbocycles. The maximum atomic E-state index is 12.6. The second-order valence-corrected chi connectivity index (χ2v) is 10.0. The number of piperazine rings is 1. The highest BCUT2D eigenvalue weighted by Crippen LogP contribution is 2.18. The van der Waals surface area contributed by atoms with Crippen molar-refractivity contribution in [3.63, 3.8) is 0 Å². The number of carbonyl (C=O) groups is 2. The SMILES string of the molecule is CN(CC(=O)N1CCN(C(=O)OC(C)(C)C)CC1)S(=O)(=O)c1ccc(Cl)cc1. The van der Waals surface area contributed by atoms with Crippen molar-refractivity contribution in [2.24, 2.45) is 0 Å². The first-order valence-corrected chi connectivity index (χ1v) is 10.7. The van der Waals surface area contributed by atoms with Crippen LogP contribution in [0.15, 0.2) is 29.2 Å². The third kappa shape index (κ3) is 5.83. The molecular formula is C18H26ClN3O5S. The number of sulfonamides is 1. The number of amides is 2. The molecule has 8 nitrogen and oxygen atoms in total. The average molecular weight is 432 g/mol. The minimum atomic E-state index is -3.79. The van der Waals surface area contributed by atoms with E-state index in [1.165, 1.54) is 31.3 Å². The maximum absolute atomic E-state index is 12.6. The number of rotatable bonds is 4. The van der Waals surface area contributed by atoms with E-state index in [4.69, 9.17) is 16.3 Å². The zero-order valence-electron chi connectivity index (χ0n) is 16.5. The van der Waals surface area contributed by atoms with Crippen LogP contribution >= 0.6 is 11.6 Å². The van der Waals surface area contributed by atoms with Gasteiger partial charge < -0.3 is 14.5 Å². The summed E-state index contributed by atoms with van der Waals surface area (Å²) in [6.07, 6.45) is -0.415. The Balaban J connectivity index is 1.91. The quantitative estimate of drug-likeness (QED) is 0.728. The fourth-order valence-electron chi connectivity index (χ4n) is 2.63. The first kappa shape index (κ1) is 22.4. The molecule has 0 unspecified atom stereocenters. The van der Waals surface area contributed by atoms with Gasteiger partial charge in [0.05, 0.1) is 11.4 Å². The largest absolute Gasteiger partial charge is 0.444 e. The summed E-state index contributed by atoms with van der Waals surface area (Å²) in [6, 6.07) is 5.77. The first-order chi connectivity index (χ1) is 12.9. The molecule has 0 bridgehead atoms. The highest BCUT2D eigenvalue weighted by atomic mass is 35.5. The van der Waals surface area contributed by atoms with Gasteiger partial charge in [-0.2, -0.15) is 4.31 Å². The van der Waals surface area contributed by atoms with Crippen molar-refractivity contribution in [2.75, 3.05) is 39.8 Å². The van der Waals surface area contributed by atoms with Crippen molar-refractivity contribution < 1.29 is 22.7 Å². The van der Waals surface area contributed by atoms with E-state index in [0.29, 0.717) is 31.2 Å². The fraction of sp³-hybridized carbons (Fsp3) is 0.556. The number of likely N-dealkylation sites (N-methyl/N-ethyl adjacent to an activating group) is 1. The van der Waals surface area contributed by atoms with Crippen molar-refractivity contribution in [1.29, 1.82) is 0 Å². The van der Waals surface area contributed by atoms with Crippen LogP contribution in [0.2, 0.25) is 5.02 Å². The number of hydrogen-bond donors (Lipinski definition) is 0. The van der Waals surface area contributed by atoms with Gasteiger partial charge in [0.25, 0.3) is 0 Å². The lowest BCUT2D eigenvalue weighted by atomic mass is 10.2. The van der Waals surface area contributed by atoms with Crippen LogP contribution in [0.4, 0.5) is 4.79 Å². The van der Waals surface area contributed by atoms with Crippen molar-refractivity contribution in [3.05, 3.63) is 29.3 Å². The Bertz CT molecular complexity index is 813. The van der Waals surface area contributed by atoms with Gasteiger partial charge in [0.15, 0.2) is 0 Å². The number of benzene rings is 1. The number of halogens is 1. The van der Waals surface area contributed by atoms with E-state index >= 15 is 0 Å². The molecule has 2 rings (SSSR count). The van der Waals surface area contributed by atoms with Crippen molar-refractivity contribution >= 4 is 33.6 Å². The monoisotopic (exact) mass is 431 g/mol. The molecule has 156 valence electrons. The molecule has 1 aromatic carbocycles. The van der Waals surface area contributed by atoms with Gasteiger partial charge >= 0.3 is 6.09 Å². The van der Waals surface area contributed by atoms with Crippen LogP contribution in [0.1, 0.15) is 20.8 Å². The van der Waals surface area contributed by atoms with Gasteiger partial charge in [-0.15, -0.1) is 0 Å². The highest BCUT2D eigenvalue weighted by molar-refractivity contribution is 7.89. The van der Waals surface area contributed by atoms with Crippen molar-refractivity contribution in [1.82, 2.24) is 14.1 Å². The molecule has 1 aromatic rings. The molecule has 0 spiro atoms. The molecule has 0 atom stereocenters. The molecule has 0 N–H and O–H groups in total. The van der Waals surface area contributed by atoms with Gasteiger partial charge in [0.1, 0.15) is 5.60 Å². The zero-order valence-corrected chi connectivity index (χ0v) is 18.1. The van der Waals surface area contributed by atoms with E-state index in [0.717, 1.165) is 4.31 Å². The number of ether oxygens (including phenoxy) is 1. The molecule has 0 aromatic heterocycles. The normalized spacial score (nSPS) is 15.6. The second kappa shape index (κ2) is 8.67. The van der Waals surface area contributed by atoms with E-state index in [-0.39, 0.29) is 17.3 Å². The van der Waals surface area contributed by atoms with Gasteiger partial charge in [-0.1, -0.05) is 11.6 Å². The summed E-state index contributed by atoms with van der Waals surface area (Å²) in [4.78, 5) is 27.8. The van der Waals surface area contributed by atoms with Crippen LogP contribution in [0.5, 0.6) is 0 Å². The molecule has 1 heterocycles. The molecular weight excluding hydrogens is 406 g/mol. The van der Waals surface area contributed by atoms with E-state index in [1.54, 1.807) is 30.6 Å². The lowest BCUT2D eigenvalue weighted by Gasteiger charge is -2.36. The van der Waals surface area contributed by atoms with Gasteiger partial charge in [-0.25, -0.2) is 13.2 Å². The zero-order chi connectivity index (χ0) is 21.1. The molecule has 0 aliphatic carbocycles. The minimum Gasteiger partial charge on any atom is -0.444 e. The molecule has 10 heteroatoms. The van der Waals surface area contributed by atoms with E-state index in [9.17, 15) is 18.0 Å². The van der Waals surface area contributed by atoms with Gasteiger partial charge in [-0.3, -0.25) is 4.79 Å². The molecule has 2 amide bonds. The molecule has 1 aliphatic heterocycles. The first-order valence-electron chi connectivity index (χ1n) is 8.88. The Labute approximate surface area is 171 Å². The van der Waals surface area contributed by atoms with Gasteiger partial charge in [0, 0.05) is 38.2 Å². The topological polar surface area (TPSA) is 87.2 Å². The Morgan fingerprint density at radius 3 is 2.07 bits per heavy atom. The lowest BCUT2D eigenvalue weighted by molar-refractivity contribution is -0.132. The maximum Gasteiger partial charge on any atom is 0.410 e. The Hall–Kier alpha value is -1.84. The molecule has 1 fully saturated rings. The smallest absolute Gasteiger partial charge is 0.410 e. The predicted molar refractivity (Wildman–Crippen MR) is 106 cm³/mol. The van der Waals surface area contributed by atoms with E-state index < -0.39 is 21.7 Å². The number of carbonyl (C=O) groups excluding carboxylic acids is 2. The predicted octanol–water partition coefficient (Wildman–Crippen LogP) is 2.04. The summed E-state index contributed by atoms with van der Waals surface area (Å²) in [5, 5.41) is 0.431. The molecule has 1 saturated heterocycles. The molecule has 28 heavy (non-hydrogen) atoms. The number of nitrogens with zero attached hydrogens (tertiary/aromatic N) is 3. The highest BCUT2D eigenvalue weighted by Gasteiger charge is 2.30. The number of hydrogen-bond acceptors (Lipinski definition) is 5. The van der Waals surface area contributed by atoms with Gasteiger partial charge in [-0.05, 0) is 45.0 Å². The Kier molecular flexibility index (Phi) is 6.95. The van der Waals surface area contributed by atoms with Crippen LogP contribution in [-0.2, 0) is 19.6 Å².